The van der Waals surface area contributed by atoms with Crippen molar-refractivity contribution in [1.29, 1.82) is 5.41 Å². The lowest BCUT2D eigenvalue weighted by atomic mass is 10.1. The first-order valence-electron chi connectivity index (χ1n) is 10.0. The Balaban J connectivity index is 1.54. The van der Waals surface area contributed by atoms with Crippen molar-refractivity contribution in [3.63, 3.8) is 0 Å². The zero-order chi connectivity index (χ0) is 23.3. The molecule has 5 rings (SSSR count). The van der Waals surface area contributed by atoms with Gasteiger partial charge in [-0.1, -0.05) is 53.5 Å². The van der Waals surface area contributed by atoms with E-state index in [2.05, 4.69) is 10.1 Å². The van der Waals surface area contributed by atoms with E-state index in [1.54, 1.807) is 24.3 Å². The van der Waals surface area contributed by atoms with E-state index < -0.39 is 5.91 Å². The Labute approximate surface area is 204 Å². The number of amides is 1. The summed E-state index contributed by atoms with van der Waals surface area (Å²) >= 11 is 13.9. The third-order valence-electron chi connectivity index (χ3n) is 5.39. The molecule has 0 fully saturated rings. The standard InChI is InChI=1S/C24H17Cl2N5OS/c1-13-10-16(14(2)30(13)20-12-17(25)8-9-19(20)26)11-18-21(27)31-24(28-22(18)32)33-23(29-31)15-6-4-3-5-7-15/h3-12,27H,1-2H3. The van der Waals surface area contributed by atoms with Gasteiger partial charge in [-0.05, 0) is 61.5 Å². The fraction of sp³-hybridized carbons (Fsp3) is 0.0833. The van der Waals surface area contributed by atoms with Crippen molar-refractivity contribution in [2.24, 2.45) is 10.1 Å². The van der Waals surface area contributed by atoms with E-state index in [1.165, 1.54) is 16.8 Å². The monoisotopic (exact) mass is 493 g/mol. The number of hydrazone groups is 1. The van der Waals surface area contributed by atoms with Crippen molar-refractivity contribution in [3.05, 3.63) is 92.7 Å². The lowest BCUT2D eigenvalue weighted by Crippen LogP contribution is -2.35. The van der Waals surface area contributed by atoms with Gasteiger partial charge in [0.2, 0.25) is 5.17 Å². The summed E-state index contributed by atoms with van der Waals surface area (Å²) < 4.78 is 1.98. The van der Waals surface area contributed by atoms with Gasteiger partial charge in [-0.2, -0.15) is 15.1 Å². The first-order chi connectivity index (χ1) is 15.8. The number of fused-ring (bicyclic) bond motifs is 1. The van der Waals surface area contributed by atoms with E-state index in [0.29, 0.717) is 20.3 Å². The fourth-order valence-electron chi connectivity index (χ4n) is 3.81. The van der Waals surface area contributed by atoms with E-state index in [4.69, 9.17) is 28.6 Å². The van der Waals surface area contributed by atoms with Crippen LogP contribution in [0.5, 0.6) is 0 Å². The Morgan fingerprint density at radius 2 is 1.82 bits per heavy atom. The second kappa shape index (κ2) is 8.33. The van der Waals surface area contributed by atoms with E-state index >= 15 is 0 Å². The molecule has 9 heteroatoms. The van der Waals surface area contributed by atoms with Crippen LogP contribution >= 0.6 is 35.0 Å². The lowest BCUT2D eigenvalue weighted by Gasteiger charge is -2.20. The molecule has 0 aliphatic carbocycles. The number of nitrogens with one attached hydrogen (secondary N) is 1. The van der Waals surface area contributed by atoms with E-state index in [-0.39, 0.29) is 11.4 Å². The molecule has 1 amide bonds. The fourth-order valence-corrected chi connectivity index (χ4v) is 5.07. The highest BCUT2D eigenvalue weighted by atomic mass is 35.5. The number of hydrogen-bond donors (Lipinski definition) is 1. The molecule has 0 saturated heterocycles. The molecule has 0 saturated carbocycles. The number of carbonyl (C=O) groups is 1. The van der Waals surface area contributed by atoms with Gasteiger partial charge >= 0.3 is 0 Å². The minimum atomic E-state index is -0.464. The van der Waals surface area contributed by atoms with Crippen molar-refractivity contribution < 1.29 is 4.79 Å². The van der Waals surface area contributed by atoms with Crippen molar-refractivity contribution in [2.45, 2.75) is 13.8 Å². The summed E-state index contributed by atoms with van der Waals surface area (Å²) in [6, 6.07) is 16.9. The van der Waals surface area contributed by atoms with Gasteiger partial charge in [0.15, 0.2) is 5.84 Å². The summed E-state index contributed by atoms with van der Waals surface area (Å²) in [5, 5.41) is 16.8. The van der Waals surface area contributed by atoms with Gasteiger partial charge in [-0.25, -0.2) is 0 Å². The predicted molar refractivity (Wildman–Crippen MR) is 136 cm³/mol. The summed E-state index contributed by atoms with van der Waals surface area (Å²) in [6.07, 6.45) is 1.68. The van der Waals surface area contributed by atoms with Crippen LogP contribution in [0.25, 0.3) is 11.8 Å². The smallest absolute Gasteiger partial charge is 0.283 e. The number of amidine groups is 2. The van der Waals surface area contributed by atoms with E-state index in [1.807, 2.05) is 54.8 Å². The maximum atomic E-state index is 12.8. The number of thioether (sulfide) groups is 1. The molecule has 0 atom stereocenters. The molecular formula is C24H17Cl2N5OS. The second-order valence-electron chi connectivity index (χ2n) is 7.55. The molecule has 2 aromatic carbocycles. The van der Waals surface area contributed by atoms with E-state index in [0.717, 1.165) is 28.2 Å². The van der Waals surface area contributed by atoms with Gasteiger partial charge in [0.1, 0.15) is 5.04 Å². The first kappa shape index (κ1) is 21.7. The zero-order valence-corrected chi connectivity index (χ0v) is 20.0. The summed E-state index contributed by atoms with van der Waals surface area (Å²) in [5.41, 5.74) is 4.41. The van der Waals surface area contributed by atoms with Gasteiger partial charge in [0.25, 0.3) is 5.91 Å². The molecule has 1 N–H and O–H groups in total. The third kappa shape index (κ3) is 3.82. The van der Waals surface area contributed by atoms with E-state index in [9.17, 15) is 4.79 Å². The van der Waals surface area contributed by atoms with Crippen LogP contribution in [0, 0.1) is 19.3 Å². The summed E-state index contributed by atoms with van der Waals surface area (Å²) in [5.74, 6) is -0.470. The number of nitrogens with zero attached hydrogens (tertiary/aromatic N) is 4. The average molecular weight is 494 g/mol. The highest BCUT2D eigenvalue weighted by Gasteiger charge is 2.36. The molecule has 164 valence electrons. The maximum Gasteiger partial charge on any atom is 0.283 e. The van der Waals surface area contributed by atoms with Crippen molar-refractivity contribution in [1.82, 2.24) is 9.58 Å². The van der Waals surface area contributed by atoms with Crippen molar-refractivity contribution in [3.8, 4) is 5.69 Å². The minimum Gasteiger partial charge on any atom is -0.316 e. The van der Waals surface area contributed by atoms with Gasteiger partial charge in [0, 0.05) is 22.0 Å². The summed E-state index contributed by atoms with van der Waals surface area (Å²) in [4.78, 5) is 17.0. The molecule has 0 bridgehead atoms. The van der Waals surface area contributed by atoms with Crippen LogP contribution < -0.4 is 0 Å². The van der Waals surface area contributed by atoms with Gasteiger partial charge in [0.05, 0.1) is 16.3 Å². The number of aliphatic imine (C=N–C) groups is 1. The number of carbonyl (C=O) groups excluding carboxylic acids is 1. The number of halogens is 2. The van der Waals surface area contributed by atoms with Crippen molar-refractivity contribution in [2.75, 3.05) is 0 Å². The van der Waals surface area contributed by atoms with Crippen LogP contribution in [0.15, 0.2) is 70.3 Å². The average Bonchev–Trinajstić information content (AvgIpc) is 3.34. The normalized spacial score (nSPS) is 16.8. The van der Waals surface area contributed by atoms with Crippen LogP contribution in [0.4, 0.5) is 0 Å². The molecule has 3 heterocycles. The Bertz CT molecular complexity index is 1420. The van der Waals surface area contributed by atoms with Crippen LogP contribution in [0.2, 0.25) is 10.0 Å². The minimum absolute atomic E-state index is 0.00554. The Morgan fingerprint density at radius 3 is 2.58 bits per heavy atom. The van der Waals surface area contributed by atoms with Crippen LogP contribution in [0.1, 0.15) is 22.5 Å². The number of hydrogen-bond acceptors (Lipinski definition) is 4. The highest BCUT2D eigenvalue weighted by Crippen LogP contribution is 2.33. The second-order valence-corrected chi connectivity index (χ2v) is 9.35. The van der Waals surface area contributed by atoms with Crippen LogP contribution in [-0.4, -0.2) is 31.5 Å². The molecule has 2 aliphatic heterocycles. The molecule has 33 heavy (non-hydrogen) atoms. The lowest BCUT2D eigenvalue weighted by molar-refractivity contribution is -0.114. The Kier molecular flexibility index (Phi) is 5.48. The van der Waals surface area contributed by atoms with Gasteiger partial charge < -0.3 is 4.57 Å². The SMILES string of the molecule is Cc1cc(C=C2C(=N)N3N=C(c4ccccc4)SC3=NC2=O)c(C)n1-c1cc(Cl)ccc1Cl. The van der Waals surface area contributed by atoms with Gasteiger partial charge in [-0.3, -0.25) is 10.2 Å². The van der Waals surface area contributed by atoms with Crippen LogP contribution in [0.3, 0.4) is 0 Å². The number of rotatable bonds is 3. The molecule has 6 nitrogen and oxygen atoms in total. The number of benzene rings is 2. The summed E-state index contributed by atoms with van der Waals surface area (Å²) in [6.45, 7) is 3.88. The highest BCUT2D eigenvalue weighted by molar-refractivity contribution is 8.27. The molecule has 1 aromatic heterocycles. The molecule has 0 spiro atoms. The molecule has 0 radical (unpaired) electrons. The number of aryl methyl sites for hydroxylation is 1. The Hall–Kier alpha value is -3.13. The molecule has 2 aliphatic rings. The summed E-state index contributed by atoms with van der Waals surface area (Å²) in [7, 11) is 0. The van der Waals surface area contributed by atoms with Crippen molar-refractivity contribution >= 4 is 63.0 Å². The van der Waals surface area contributed by atoms with Gasteiger partial charge in [-0.15, -0.1) is 0 Å². The maximum absolute atomic E-state index is 12.8. The molecule has 0 unspecified atom stereocenters. The topological polar surface area (TPSA) is 73.8 Å². The predicted octanol–water partition coefficient (Wildman–Crippen LogP) is 6.07. The molecule has 3 aromatic rings. The Morgan fingerprint density at radius 1 is 1.06 bits per heavy atom. The quantitative estimate of drug-likeness (QED) is 0.450. The number of aromatic nitrogens is 1. The third-order valence-corrected chi connectivity index (χ3v) is 6.91. The zero-order valence-electron chi connectivity index (χ0n) is 17.6. The molecular weight excluding hydrogens is 477 g/mol. The first-order valence-corrected chi connectivity index (χ1v) is 11.6. The largest absolute Gasteiger partial charge is 0.316 e. The van der Waals surface area contributed by atoms with Crippen LogP contribution in [-0.2, 0) is 4.79 Å².